The molecule has 0 aliphatic heterocycles. The van der Waals surface area contributed by atoms with Gasteiger partial charge in [0.25, 0.3) is 5.56 Å². The molecule has 0 saturated heterocycles. The van der Waals surface area contributed by atoms with Gasteiger partial charge in [0.1, 0.15) is 0 Å². The van der Waals surface area contributed by atoms with Gasteiger partial charge in [-0.2, -0.15) is 13.2 Å². The number of aromatic hydroxyl groups is 1. The van der Waals surface area contributed by atoms with Crippen molar-refractivity contribution in [3.63, 3.8) is 0 Å². The smallest absolute Gasteiger partial charge is 0.416 e. The van der Waals surface area contributed by atoms with Crippen LogP contribution in [0.3, 0.4) is 0 Å². The van der Waals surface area contributed by atoms with Crippen molar-refractivity contribution in [3.8, 4) is 11.6 Å². The first-order valence-corrected chi connectivity index (χ1v) is 8.48. The van der Waals surface area contributed by atoms with Gasteiger partial charge in [0.15, 0.2) is 0 Å². The number of aliphatic hydroxyl groups is 1. The molecule has 9 heteroatoms. The third-order valence-electron chi connectivity index (χ3n) is 4.07. The molecule has 0 aliphatic carbocycles. The van der Waals surface area contributed by atoms with E-state index in [-0.39, 0.29) is 34.8 Å². The first kappa shape index (κ1) is 19.9. The maximum absolute atomic E-state index is 13.1. The van der Waals surface area contributed by atoms with Crippen molar-refractivity contribution < 1.29 is 23.4 Å². The van der Waals surface area contributed by atoms with Crippen LogP contribution in [0.2, 0.25) is 5.02 Å². The topological polar surface area (TPSA) is 74.8 Å². The van der Waals surface area contributed by atoms with Crippen LogP contribution in [0.1, 0.15) is 11.1 Å². The van der Waals surface area contributed by atoms with Crippen molar-refractivity contribution in [1.29, 1.82) is 0 Å². The van der Waals surface area contributed by atoms with E-state index in [2.05, 4.69) is 4.99 Å². The lowest BCUT2D eigenvalue weighted by atomic mass is 10.1. The molecule has 2 N–H and O–H groups in total. The van der Waals surface area contributed by atoms with Crippen molar-refractivity contribution in [1.82, 2.24) is 4.57 Å². The van der Waals surface area contributed by atoms with Crippen molar-refractivity contribution in [2.75, 3.05) is 13.2 Å². The molecule has 0 bridgehead atoms. The average molecular weight is 411 g/mol. The molecule has 5 nitrogen and oxygen atoms in total. The SMILES string of the molecule is O=c1c2ccccc2c(C=NCCO)c(O)n1-c1cc(C(F)(F)F)ccc1Cl. The molecular formula is C19H14ClF3N2O3. The van der Waals surface area contributed by atoms with E-state index in [1.54, 1.807) is 18.2 Å². The number of alkyl halides is 3. The Kier molecular flexibility index (Phi) is 5.44. The first-order chi connectivity index (χ1) is 13.3. The molecule has 3 aromatic rings. The number of benzene rings is 2. The van der Waals surface area contributed by atoms with Gasteiger partial charge in [-0.15, -0.1) is 0 Å². The van der Waals surface area contributed by atoms with Gasteiger partial charge in [-0.05, 0) is 24.3 Å². The summed E-state index contributed by atoms with van der Waals surface area (Å²) in [4.78, 5) is 16.9. The predicted octanol–water partition coefficient (Wildman–Crippen LogP) is 3.78. The summed E-state index contributed by atoms with van der Waals surface area (Å²) < 4.78 is 40.1. The van der Waals surface area contributed by atoms with Crippen LogP contribution in [0, 0.1) is 0 Å². The minimum absolute atomic E-state index is 0.0528. The second kappa shape index (κ2) is 7.65. The molecule has 0 atom stereocenters. The molecule has 2 aromatic carbocycles. The fourth-order valence-electron chi connectivity index (χ4n) is 2.79. The van der Waals surface area contributed by atoms with Gasteiger partial charge in [-0.3, -0.25) is 9.79 Å². The highest BCUT2D eigenvalue weighted by Crippen LogP contribution is 2.35. The van der Waals surface area contributed by atoms with Crippen molar-refractivity contribution in [3.05, 3.63) is 69.0 Å². The molecule has 0 unspecified atom stereocenters. The second-order valence-corrected chi connectivity index (χ2v) is 6.25. The Balaban J connectivity index is 2.38. The van der Waals surface area contributed by atoms with Crippen LogP contribution in [0.15, 0.2) is 52.3 Å². The molecule has 1 heterocycles. The number of pyridine rings is 1. The van der Waals surface area contributed by atoms with Crippen LogP contribution >= 0.6 is 11.6 Å². The van der Waals surface area contributed by atoms with E-state index >= 15 is 0 Å². The molecule has 3 rings (SSSR count). The zero-order valence-corrected chi connectivity index (χ0v) is 15.0. The number of hydrogen-bond donors (Lipinski definition) is 2. The van der Waals surface area contributed by atoms with Crippen LogP contribution in [0.5, 0.6) is 5.88 Å². The van der Waals surface area contributed by atoms with Crippen LogP contribution < -0.4 is 5.56 Å². The average Bonchev–Trinajstić information content (AvgIpc) is 2.65. The number of halogens is 4. The summed E-state index contributed by atoms with van der Waals surface area (Å²) in [5.74, 6) is -0.605. The highest BCUT2D eigenvalue weighted by molar-refractivity contribution is 6.32. The van der Waals surface area contributed by atoms with Crippen LogP contribution in [0.4, 0.5) is 13.2 Å². The molecular weight excluding hydrogens is 397 g/mol. The van der Waals surface area contributed by atoms with Gasteiger partial charge < -0.3 is 10.2 Å². The molecule has 1 aromatic heterocycles. The van der Waals surface area contributed by atoms with E-state index in [1.807, 2.05) is 0 Å². The van der Waals surface area contributed by atoms with Crippen LogP contribution in [-0.2, 0) is 6.18 Å². The highest BCUT2D eigenvalue weighted by atomic mass is 35.5. The molecule has 0 aliphatic rings. The number of aliphatic imine (C=N–C) groups is 1. The summed E-state index contributed by atoms with van der Waals surface area (Å²) in [5.41, 5.74) is -1.92. The van der Waals surface area contributed by atoms with Gasteiger partial charge in [0, 0.05) is 17.0 Å². The van der Waals surface area contributed by atoms with E-state index in [9.17, 15) is 23.1 Å². The lowest BCUT2D eigenvalue weighted by Gasteiger charge is -2.16. The van der Waals surface area contributed by atoms with Crippen LogP contribution in [-0.4, -0.2) is 34.1 Å². The Morgan fingerprint density at radius 3 is 2.46 bits per heavy atom. The van der Waals surface area contributed by atoms with Crippen molar-refractivity contribution >= 4 is 28.6 Å². The summed E-state index contributed by atoms with van der Waals surface area (Å²) in [6.45, 7) is -0.175. The third-order valence-corrected chi connectivity index (χ3v) is 4.39. The molecule has 0 amide bonds. The Bertz CT molecular complexity index is 1120. The van der Waals surface area contributed by atoms with Gasteiger partial charge in [0.05, 0.1) is 35.0 Å². The Labute approximate surface area is 162 Å². The Hall–Kier alpha value is -2.84. The maximum atomic E-state index is 13.1. The van der Waals surface area contributed by atoms with Gasteiger partial charge in [-0.25, -0.2) is 4.57 Å². The van der Waals surface area contributed by atoms with Crippen molar-refractivity contribution in [2.24, 2.45) is 4.99 Å². The molecule has 0 fully saturated rings. The Morgan fingerprint density at radius 2 is 1.82 bits per heavy atom. The van der Waals surface area contributed by atoms with Gasteiger partial charge >= 0.3 is 6.18 Å². The quantitative estimate of drug-likeness (QED) is 0.643. The first-order valence-electron chi connectivity index (χ1n) is 8.10. The number of nitrogens with zero attached hydrogens (tertiary/aromatic N) is 2. The van der Waals surface area contributed by atoms with E-state index in [0.717, 1.165) is 16.7 Å². The second-order valence-electron chi connectivity index (χ2n) is 5.85. The minimum atomic E-state index is -4.65. The van der Waals surface area contributed by atoms with Gasteiger partial charge in [-0.1, -0.05) is 29.8 Å². The summed E-state index contributed by atoms with van der Waals surface area (Å²) in [5, 5.41) is 20.0. The highest BCUT2D eigenvalue weighted by Gasteiger charge is 2.31. The monoisotopic (exact) mass is 410 g/mol. The molecule has 0 spiro atoms. The predicted molar refractivity (Wildman–Crippen MR) is 101 cm³/mol. The Morgan fingerprint density at radius 1 is 1.14 bits per heavy atom. The fourth-order valence-corrected chi connectivity index (χ4v) is 2.99. The number of fused-ring (bicyclic) bond motifs is 1. The third kappa shape index (κ3) is 3.61. The zero-order chi connectivity index (χ0) is 20.5. The van der Waals surface area contributed by atoms with E-state index < -0.39 is 23.2 Å². The normalized spacial score (nSPS) is 12.2. The largest absolute Gasteiger partial charge is 0.494 e. The summed E-state index contributed by atoms with van der Waals surface area (Å²) >= 11 is 6.05. The number of aromatic nitrogens is 1. The molecule has 146 valence electrons. The summed E-state index contributed by atoms with van der Waals surface area (Å²) in [6.07, 6.45) is -3.40. The van der Waals surface area contributed by atoms with E-state index in [0.29, 0.717) is 11.5 Å². The molecule has 0 radical (unpaired) electrons. The fraction of sp³-hybridized carbons (Fsp3) is 0.158. The minimum Gasteiger partial charge on any atom is -0.494 e. The lowest BCUT2D eigenvalue weighted by Crippen LogP contribution is -2.21. The summed E-state index contributed by atoms with van der Waals surface area (Å²) in [7, 11) is 0. The molecule has 0 saturated carbocycles. The van der Waals surface area contributed by atoms with Crippen LogP contribution in [0.25, 0.3) is 16.5 Å². The maximum Gasteiger partial charge on any atom is 0.416 e. The standard InChI is InChI=1S/C19H14ClF3N2O3/c20-15-6-5-11(19(21,22)23)9-16(15)25-17(27)13-4-2-1-3-12(13)14(18(25)28)10-24-7-8-26/h1-6,9-10,26,28H,7-8H2. The van der Waals surface area contributed by atoms with E-state index in [1.165, 1.54) is 12.3 Å². The number of hydrogen-bond acceptors (Lipinski definition) is 4. The van der Waals surface area contributed by atoms with Gasteiger partial charge in [0.2, 0.25) is 5.88 Å². The van der Waals surface area contributed by atoms with E-state index in [4.69, 9.17) is 16.7 Å². The summed E-state index contributed by atoms with van der Waals surface area (Å²) in [6, 6.07) is 8.80. The number of aliphatic hydroxyl groups excluding tert-OH is 1. The lowest BCUT2D eigenvalue weighted by molar-refractivity contribution is -0.137. The van der Waals surface area contributed by atoms with Crippen molar-refractivity contribution in [2.45, 2.75) is 6.18 Å². The number of rotatable bonds is 4. The molecule has 28 heavy (non-hydrogen) atoms. The zero-order valence-electron chi connectivity index (χ0n) is 14.2.